The number of hydrogen-bond donors (Lipinski definition) is 3. The molecule has 0 aliphatic heterocycles. The number of hydrazine groups is 1. The first kappa shape index (κ1) is 19.7. The summed E-state index contributed by atoms with van der Waals surface area (Å²) in [5.74, 6) is -1.97. The number of nitrogens with one attached hydrogen (secondary N) is 3. The average Bonchev–Trinajstić information content (AvgIpc) is 2.67. The van der Waals surface area contributed by atoms with E-state index in [4.69, 9.17) is 0 Å². The average molecular weight is 366 g/mol. The first-order valence-corrected chi connectivity index (χ1v) is 8.35. The number of rotatable bonds is 9. The third-order valence-electron chi connectivity index (χ3n) is 3.55. The van der Waals surface area contributed by atoms with E-state index in [0.29, 0.717) is 11.3 Å². The summed E-state index contributed by atoms with van der Waals surface area (Å²) in [6.45, 7) is -0.207. The molecule has 2 aromatic carbocycles. The molecule has 0 aliphatic carbocycles. The van der Waals surface area contributed by atoms with Gasteiger partial charge in [0.2, 0.25) is 5.91 Å². The molecule has 2 amide bonds. The number of carbonyl (C=O) groups is 3. The lowest BCUT2D eigenvalue weighted by molar-refractivity contribution is -0.304. The Balaban J connectivity index is 1.83. The van der Waals surface area contributed by atoms with Crippen molar-refractivity contribution in [1.82, 2.24) is 16.2 Å². The third kappa shape index (κ3) is 7.43. The van der Waals surface area contributed by atoms with Crippen LogP contribution in [0.15, 0.2) is 66.7 Å². The van der Waals surface area contributed by atoms with Crippen molar-refractivity contribution in [2.24, 2.45) is 0 Å². The number of hydrogen-bond acceptors (Lipinski definition) is 5. The summed E-state index contributed by atoms with van der Waals surface area (Å²) in [5.41, 5.74) is 7.10. The second kappa shape index (κ2) is 10.4. The Labute approximate surface area is 157 Å². The molecule has 0 heterocycles. The van der Waals surface area contributed by atoms with Gasteiger partial charge in [-0.1, -0.05) is 66.7 Å². The van der Waals surface area contributed by atoms with Crippen molar-refractivity contribution in [2.45, 2.75) is 12.8 Å². The van der Waals surface area contributed by atoms with E-state index in [9.17, 15) is 19.5 Å². The van der Waals surface area contributed by atoms with Crippen LogP contribution in [0.2, 0.25) is 0 Å². The Morgan fingerprint density at radius 3 is 2.11 bits per heavy atom. The second-order valence-corrected chi connectivity index (χ2v) is 5.67. The molecule has 2 aromatic rings. The highest BCUT2D eigenvalue weighted by atomic mass is 16.4. The van der Waals surface area contributed by atoms with Crippen molar-refractivity contribution in [3.63, 3.8) is 0 Å². The fourth-order valence-electron chi connectivity index (χ4n) is 2.25. The van der Waals surface area contributed by atoms with Crippen LogP contribution in [0.3, 0.4) is 0 Å². The van der Waals surface area contributed by atoms with Crippen molar-refractivity contribution < 1.29 is 19.5 Å². The summed E-state index contributed by atoms with van der Waals surface area (Å²) in [7, 11) is 0. The molecule has 7 heteroatoms. The van der Waals surface area contributed by atoms with Crippen LogP contribution in [0, 0.1) is 0 Å². The van der Waals surface area contributed by atoms with Crippen LogP contribution in [0.5, 0.6) is 0 Å². The Morgan fingerprint density at radius 2 is 1.48 bits per heavy atom. The zero-order valence-electron chi connectivity index (χ0n) is 14.6. The van der Waals surface area contributed by atoms with E-state index in [1.165, 1.54) is 6.08 Å². The van der Waals surface area contributed by atoms with E-state index >= 15 is 0 Å². The Morgan fingerprint density at radius 1 is 0.852 bits per heavy atom. The first-order chi connectivity index (χ1) is 13.0. The number of aliphatic carboxylic acids is 1. The minimum absolute atomic E-state index is 0.183. The molecule has 27 heavy (non-hydrogen) atoms. The van der Waals surface area contributed by atoms with E-state index in [2.05, 4.69) is 16.2 Å². The van der Waals surface area contributed by atoms with Crippen LogP contribution >= 0.6 is 0 Å². The van der Waals surface area contributed by atoms with Gasteiger partial charge in [0.15, 0.2) is 0 Å². The van der Waals surface area contributed by atoms with Crippen LogP contribution in [0.25, 0.3) is 5.70 Å². The highest BCUT2D eigenvalue weighted by molar-refractivity contribution is 5.86. The lowest BCUT2D eigenvalue weighted by Crippen LogP contribution is -2.43. The van der Waals surface area contributed by atoms with Gasteiger partial charge in [-0.05, 0) is 11.1 Å². The van der Waals surface area contributed by atoms with Gasteiger partial charge in [0.1, 0.15) is 0 Å². The largest absolute Gasteiger partial charge is 0.550 e. The van der Waals surface area contributed by atoms with Gasteiger partial charge in [0.05, 0.1) is 18.7 Å². The van der Waals surface area contributed by atoms with E-state index in [-0.39, 0.29) is 25.3 Å². The number of amides is 2. The monoisotopic (exact) mass is 366 g/mol. The standard InChI is InChI=1S/C20H21N3O4/c24-18(13-15-7-3-1-4-8-15)21-14-19(25)23-22-17(11-12-20(26)27)16-9-5-2-6-10-16/h1-11,22H,12-14H2,(H,21,24)(H,23,25)(H,26,27)/p-1/b17-11+. The van der Waals surface area contributed by atoms with Gasteiger partial charge in [0.25, 0.3) is 5.91 Å². The highest BCUT2D eigenvalue weighted by Gasteiger charge is 2.07. The van der Waals surface area contributed by atoms with E-state index < -0.39 is 11.9 Å². The fourth-order valence-corrected chi connectivity index (χ4v) is 2.25. The molecule has 0 bridgehead atoms. The summed E-state index contributed by atoms with van der Waals surface area (Å²) in [6.07, 6.45) is 1.28. The minimum atomic E-state index is -1.23. The zero-order chi connectivity index (χ0) is 19.5. The van der Waals surface area contributed by atoms with Gasteiger partial charge in [0, 0.05) is 12.4 Å². The van der Waals surface area contributed by atoms with E-state index in [0.717, 1.165) is 5.56 Å². The van der Waals surface area contributed by atoms with Gasteiger partial charge in [-0.25, -0.2) is 0 Å². The topological polar surface area (TPSA) is 110 Å². The molecular formula is C20H20N3O4-. The molecule has 0 aliphatic rings. The van der Waals surface area contributed by atoms with E-state index in [1.54, 1.807) is 24.3 Å². The predicted octanol–water partition coefficient (Wildman–Crippen LogP) is 0.147. The Kier molecular flexibility index (Phi) is 7.59. The Bertz CT molecular complexity index is 804. The molecule has 0 saturated carbocycles. The Hall–Kier alpha value is -3.61. The number of carbonyl (C=O) groups excluding carboxylic acids is 3. The molecule has 0 radical (unpaired) electrons. The summed E-state index contributed by atoms with van der Waals surface area (Å²) in [4.78, 5) is 34.5. The fraction of sp³-hybridized carbons (Fsp3) is 0.150. The lowest BCUT2D eigenvalue weighted by Gasteiger charge is -2.13. The number of carboxylic acid groups (broad SMARTS) is 1. The van der Waals surface area contributed by atoms with Crippen LogP contribution in [0.1, 0.15) is 17.5 Å². The third-order valence-corrected chi connectivity index (χ3v) is 3.55. The van der Waals surface area contributed by atoms with Crippen LogP contribution in [0.4, 0.5) is 0 Å². The molecule has 0 unspecified atom stereocenters. The summed E-state index contributed by atoms with van der Waals surface area (Å²) >= 11 is 0. The van der Waals surface area contributed by atoms with E-state index in [1.807, 2.05) is 36.4 Å². The van der Waals surface area contributed by atoms with Crippen LogP contribution < -0.4 is 21.3 Å². The lowest BCUT2D eigenvalue weighted by atomic mass is 10.1. The summed E-state index contributed by atoms with van der Waals surface area (Å²) in [5, 5.41) is 13.2. The van der Waals surface area contributed by atoms with Gasteiger partial charge in [-0.3, -0.25) is 20.4 Å². The zero-order valence-corrected chi connectivity index (χ0v) is 14.6. The maximum Gasteiger partial charge on any atom is 0.257 e. The quantitative estimate of drug-likeness (QED) is 0.547. The van der Waals surface area contributed by atoms with Gasteiger partial charge in [-0.2, -0.15) is 0 Å². The molecule has 2 rings (SSSR count). The highest BCUT2D eigenvalue weighted by Crippen LogP contribution is 2.10. The van der Waals surface area contributed by atoms with Crippen molar-refractivity contribution in [2.75, 3.05) is 6.54 Å². The molecule has 0 fully saturated rings. The molecule has 0 saturated heterocycles. The summed E-state index contributed by atoms with van der Waals surface area (Å²) in [6, 6.07) is 18.1. The molecular weight excluding hydrogens is 346 g/mol. The van der Waals surface area contributed by atoms with Crippen LogP contribution in [-0.4, -0.2) is 24.3 Å². The number of carboxylic acids is 1. The van der Waals surface area contributed by atoms with Crippen molar-refractivity contribution in [1.29, 1.82) is 0 Å². The van der Waals surface area contributed by atoms with Crippen molar-refractivity contribution in [3.05, 3.63) is 77.9 Å². The van der Waals surface area contributed by atoms with Gasteiger partial charge in [-0.15, -0.1) is 0 Å². The molecule has 3 N–H and O–H groups in total. The SMILES string of the molecule is O=C([O-])C/C=C(/NNC(=O)CNC(=O)Cc1ccccc1)c1ccccc1. The predicted molar refractivity (Wildman–Crippen MR) is 98.5 cm³/mol. The molecule has 0 aromatic heterocycles. The van der Waals surface area contributed by atoms with Gasteiger partial charge >= 0.3 is 0 Å². The molecule has 140 valence electrons. The summed E-state index contributed by atoms with van der Waals surface area (Å²) < 4.78 is 0. The maximum absolute atomic E-state index is 11.9. The smallest absolute Gasteiger partial charge is 0.257 e. The molecule has 0 spiro atoms. The first-order valence-electron chi connectivity index (χ1n) is 8.35. The van der Waals surface area contributed by atoms with Crippen LogP contribution in [-0.2, 0) is 20.8 Å². The molecule has 7 nitrogen and oxygen atoms in total. The second-order valence-electron chi connectivity index (χ2n) is 5.67. The van der Waals surface area contributed by atoms with Crippen molar-refractivity contribution in [3.8, 4) is 0 Å². The van der Waals surface area contributed by atoms with Gasteiger partial charge < -0.3 is 15.2 Å². The molecule has 0 atom stereocenters. The maximum atomic E-state index is 11.9. The number of benzene rings is 2. The normalized spacial score (nSPS) is 10.7. The minimum Gasteiger partial charge on any atom is -0.550 e. The van der Waals surface area contributed by atoms with Crippen molar-refractivity contribution >= 4 is 23.5 Å².